The van der Waals surface area contributed by atoms with E-state index in [2.05, 4.69) is 48.0 Å². The molecule has 1 aromatic rings. The predicted octanol–water partition coefficient (Wildman–Crippen LogP) is 1.50. The zero-order chi connectivity index (χ0) is 14.4. The van der Waals surface area contributed by atoms with E-state index in [9.17, 15) is 4.79 Å². The van der Waals surface area contributed by atoms with Crippen molar-refractivity contribution < 1.29 is 9.53 Å². The fraction of sp³-hybridized carbons (Fsp3) is 0.438. The molecule has 4 heteroatoms. The summed E-state index contributed by atoms with van der Waals surface area (Å²) >= 11 is 0. The monoisotopic (exact) mass is 274 g/mol. The molecule has 0 aromatic heterocycles. The second-order valence-electron chi connectivity index (χ2n) is 5.16. The molecule has 1 fully saturated rings. The molecule has 1 atom stereocenters. The number of ether oxygens (including phenoxy) is 1. The van der Waals surface area contributed by atoms with Crippen LogP contribution in [0.2, 0.25) is 0 Å². The van der Waals surface area contributed by atoms with Crippen molar-refractivity contribution in [2.24, 2.45) is 0 Å². The molecule has 1 heterocycles. The Balaban J connectivity index is 1.82. The number of aryl methyl sites for hydroxylation is 1. The number of hydrogen-bond donors (Lipinski definition) is 1. The number of nitrogens with zero attached hydrogens (tertiary/aromatic N) is 1. The van der Waals surface area contributed by atoms with Crippen LogP contribution in [-0.2, 0) is 16.1 Å². The van der Waals surface area contributed by atoms with E-state index < -0.39 is 0 Å². The fourth-order valence-corrected chi connectivity index (χ4v) is 2.29. The van der Waals surface area contributed by atoms with E-state index in [1.165, 1.54) is 17.2 Å². The first-order valence-electron chi connectivity index (χ1n) is 6.97. The molecule has 2 rings (SSSR count). The predicted molar refractivity (Wildman–Crippen MR) is 79.4 cm³/mol. The van der Waals surface area contributed by atoms with E-state index in [0.717, 1.165) is 19.6 Å². The highest BCUT2D eigenvalue weighted by molar-refractivity contribution is 5.86. The van der Waals surface area contributed by atoms with Gasteiger partial charge in [0.1, 0.15) is 0 Å². The van der Waals surface area contributed by atoms with Crippen LogP contribution >= 0.6 is 0 Å². The summed E-state index contributed by atoms with van der Waals surface area (Å²) in [5.41, 5.74) is 2.59. The maximum Gasteiger partial charge on any atom is 0.243 e. The first-order chi connectivity index (χ1) is 9.67. The zero-order valence-electron chi connectivity index (χ0n) is 12.0. The van der Waals surface area contributed by atoms with Gasteiger partial charge in [-0.3, -0.25) is 9.69 Å². The SMILES string of the molecule is C=CC(=O)NCC1CN(Cc2ccc(C)cc2)CCO1. The Hall–Kier alpha value is -1.65. The van der Waals surface area contributed by atoms with Gasteiger partial charge in [0.15, 0.2) is 0 Å². The van der Waals surface area contributed by atoms with Gasteiger partial charge in [-0.1, -0.05) is 36.4 Å². The van der Waals surface area contributed by atoms with Gasteiger partial charge in [0.25, 0.3) is 0 Å². The third-order valence-corrected chi connectivity index (χ3v) is 3.44. The molecule has 0 radical (unpaired) electrons. The van der Waals surface area contributed by atoms with Crippen LogP contribution in [0.3, 0.4) is 0 Å². The minimum atomic E-state index is -0.149. The standard InChI is InChI=1S/C16H22N2O2/c1-3-16(19)17-10-15-12-18(8-9-20-15)11-14-6-4-13(2)5-7-14/h3-7,15H,1,8-12H2,2H3,(H,17,19). The van der Waals surface area contributed by atoms with E-state index >= 15 is 0 Å². The van der Waals surface area contributed by atoms with Crippen LogP contribution in [0.1, 0.15) is 11.1 Å². The minimum Gasteiger partial charge on any atom is -0.374 e. The van der Waals surface area contributed by atoms with Gasteiger partial charge in [-0.15, -0.1) is 0 Å². The second-order valence-corrected chi connectivity index (χ2v) is 5.16. The van der Waals surface area contributed by atoms with Crippen molar-refractivity contribution in [2.45, 2.75) is 19.6 Å². The molecule has 1 amide bonds. The molecule has 1 aromatic carbocycles. The summed E-state index contributed by atoms with van der Waals surface area (Å²) < 4.78 is 5.67. The summed E-state index contributed by atoms with van der Waals surface area (Å²) in [5.74, 6) is -0.149. The topological polar surface area (TPSA) is 41.6 Å². The molecule has 1 N–H and O–H groups in total. The first kappa shape index (κ1) is 14.8. The number of morpholine rings is 1. The average Bonchev–Trinajstić information content (AvgIpc) is 2.47. The summed E-state index contributed by atoms with van der Waals surface area (Å²) in [6, 6.07) is 8.60. The fourth-order valence-electron chi connectivity index (χ4n) is 2.29. The normalized spacial score (nSPS) is 19.6. The maximum absolute atomic E-state index is 11.2. The molecular formula is C16H22N2O2. The third kappa shape index (κ3) is 4.47. The zero-order valence-corrected chi connectivity index (χ0v) is 12.0. The Bertz CT molecular complexity index is 456. The van der Waals surface area contributed by atoms with Gasteiger partial charge in [-0.25, -0.2) is 0 Å². The summed E-state index contributed by atoms with van der Waals surface area (Å²) in [7, 11) is 0. The maximum atomic E-state index is 11.2. The Morgan fingerprint density at radius 1 is 1.50 bits per heavy atom. The molecule has 0 aliphatic carbocycles. The molecule has 20 heavy (non-hydrogen) atoms. The highest BCUT2D eigenvalue weighted by Crippen LogP contribution is 2.11. The van der Waals surface area contributed by atoms with Crippen LogP contribution in [-0.4, -0.2) is 43.2 Å². The Kier molecular flexibility index (Phi) is 5.32. The largest absolute Gasteiger partial charge is 0.374 e. The highest BCUT2D eigenvalue weighted by Gasteiger charge is 2.20. The van der Waals surface area contributed by atoms with E-state index in [1.807, 2.05) is 0 Å². The van der Waals surface area contributed by atoms with Crippen molar-refractivity contribution in [3.05, 3.63) is 48.0 Å². The second kappa shape index (κ2) is 7.22. The van der Waals surface area contributed by atoms with Crippen LogP contribution < -0.4 is 5.32 Å². The molecule has 4 nitrogen and oxygen atoms in total. The van der Waals surface area contributed by atoms with Crippen LogP contribution in [0.15, 0.2) is 36.9 Å². The molecule has 1 aliphatic heterocycles. The number of carbonyl (C=O) groups is 1. The molecule has 1 unspecified atom stereocenters. The smallest absolute Gasteiger partial charge is 0.243 e. The van der Waals surface area contributed by atoms with Gasteiger partial charge in [-0.05, 0) is 18.6 Å². The van der Waals surface area contributed by atoms with E-state index in [1.54, 1.807) is 0 Å². The number of benzene rings is 1. The lowest BCUT2D eigenvalue weighted by molar-refractivity contribution is -0.117. The molecule has 0 bridgehead atoms. The Labute approximate surface area is 120 Å². The van der Waals surface area contributed by atoms with E-state index in [-0.39, 0.29) is 12.0 Å². The number of carbonyl (C=O) groups excluding carboxylic acids is 1. The van der Waals surface area contributed by atoms with Crippen molar-refractivity contribution >= 4 is 5.91 Å². The van der Waals surface area contributed by atoms with Crippen LogP contribution in [0.25, 0.3) is 0 Å². The highest BCUT2D eigenvalue weighted by atomic mass is 16.5. The number of nitrogens with one attached hydrogen (secondary N) is 1. The first-order valence-corrected chi connectivity index (χ1v) is 6.97. The van der Waals surface area contributed by atoms with E-state index in [0.29, 0.717) is 13.2 Å². The summed E-state index contributed by atoms with van der Waals surface area (Å²) in [4.78, 5) is 13.5. The lowest BCUT2D eigenvalue weighted by Crippen LogP contribution is -2.46. The molecule has 0 saturated carbocycles. The number of amides is 1. The molecule has 1 aliphatic rings. The van der Waals surface area contributed by atoms with Gasteiger partial charge >= 0.3 is 0 Å². The van der Waals surface area contributed by atoms with Crippen molar-refractivity contribution in [3.8, 4) is 0 Å². The van der Waals surface area contributed by atoms with Crippen molar-refractivity contribution in [1.82, 2.24) is 10.2 Å². The van der Waals surface area contributed by atoms with Gasteiger partial charge in [-0.2, -0.15) is 0 Å². The third-order valence-electron chi connectivity index (χ3n) is 3.44. The molecule has 0 spiro atoms. The summed E-state index contributed by atoms with van der Waals surface area (Å²) in [5, 5.41) is 2.79. The van der Waals surface area contributed by atoms with Gasteiger partial charge < -0.3 is 10.1 Å². The van der Waals surface area contributed by atoms with Gasteiger partial charge in [0.2, 0.25) is 5.91 Å². The van der Waals surface area contributed by atoms with Crippen LogP contribution in [0, 0.1) is 6.92 Å². The minimum absolute atomic E-state index is 0.0538. The summed E-state index contributed by atoms with van der Waals surface area (Å²) in [6.45, 7) is 9.47. The number of hydrogen-bond acceptors (Lipinski definition) is 3. The van der Waals surface area contributed by atoms with E-state index in [4.69, 9.17) is 4.74 Å². The van der Waals surface area contributed by atoms with Crippen molar-refractivity contribution in [2.75, 3.05) is 26.2 Å². The van der Waals surface area contributed by atoms with Crippen LogP contribution in [0.4, 0.5) is 0 Å². The molecule has 1 saturated heterocycles. The quantitative estimate of drug-likeness (QED) is 0.827. The van der Waals surface area contributed by atoms with Crippen LogP contribution in [0.5, 0.6) is 0 Å². The lowest BCUT2D eigenvalue weighted by atomic mass is 10.1. The Morgan fingerprint density at radius 2 is 2.25 bits per heavy atom. The average molecular weight is 274 g/mol. The molecular weight excluding hydrogens is 252 g/mol. The van der Waals surface area contributed by atoms with Gasteiger partial charge in [0.05, 0.1) is 12.7 Å². The van der Waals surface area contributed by atoms with Crippen molar-refractivity contribution in [3.63, 3.8) is 0 Å². The van der Waals surface area contributed by atoms with Gasteiger partial charge in [0, 0.05) is 26.2 Å². The van der Waals surface area contributed by atoms with Crippen molar-refractivity contribution in [1.29, 1.82) is 0 Å². The Morgan fingerprint density at radius 3 is 2.95 bits per heavy atom. The molecule has 108 valence electrons. The lowest BCUT2D eigenvalue weighted by Gasteiger charge is -2.33. The number of rotatable bonds is 5. The summed E-state index contributed by atoms with van der Waals surface area (Å²) in [6.07, 6.45) is 1.34.